The maximum atomic E-state index is 9.55. The van der Waals surface area contributed by atoms with Gasteiger partial charge in [-0.1, -0.05) is 0 Å². The lowest BCUT2D eigenvalue weighted by Gasteiger charge is -2.21. The second-order valence-corrected chi connectivity index (χ2v) is 4.25. The van der Waals surface area contributed by atoms with E-state index in [1.807, 2.05) is 0 Å². The summed E-state index contributed by atoms with van der Waals surface area (Å²) in [6, 6.07) is 0.613. The van der Waals surface area contributed by atoms with Crippen LogP contribution in [0.3, 0.4) is 0 Å². The summed E-state index contributed by atoms with van der Waals surface area (Å²) in [4.78, 5) is 2.41. The molecule has 1 saturated heterocycles. The van der Waals surface area contributed by atoms with E-state index in [1.165, 1.54) is 0 Å². The summed E-state index contributed by atoms with van der Waals surface area (Å²) in [5.74, 6) is 1.04. The first-order valence-electron chi connectivity index (χ1n) is 4.68. The predicted molar refractivity (Wildman–Crippen MR) is 54.7 cm³/mol. The van der Waals surface area contributed by atoms with Gasteiger partial charge in [-0.25, -0.2) is 0 Å². The minimum absolute atomic E-state index is 0.211. The van der Waals surface area contributed by atoms with Gasteiger partial charge in [0.25, 0.3) is 0 Å². The third kappa shape index (κ3) is 2.38. The molecule has 1 aliphatic rings. The number of hydrogen-bond donors (Lipinski definition) is 2. The standard InChI is InChI=1S/C9H19NOS/c1-7(2)10-4-3-8(5-10)9(11)6-12/h7-9,11-12H,3-6H2,1-2H3. The van der Waals surface area contributed by atoms with Gasteiger partial charge in [-0.05, 0) is 32.7 Å². The lowest BCUT2D eigenvalue weighted by molar-refractivity contribution is 0.129. The molecule has 3 heteroatoms. The zero-order chi connectivity index (χ0) is 9.14. The van der Waals surface area contributed by atoms with Crippen LogP contribution < -0.4 is 0 Å². The molecule has 0 radical (unpaired) electrons. The van der Waals surface area contributed by atoms with Gasteiger partial charge < -0.3 is 10.0 Å². The van der Waals surface area contributed by atoms with E-state index in [1.54, 1.807) is 0 Å². The first-order valence-corrected chi connectivity index (χ1v) is 5.31. The zero-order valence-corrected chi connectivity index (χ0v) is 8.80. The SMILES string of the molecule is CC(C)N1CCC(C(O)CS)C1. The Morgan fingerprint density at radius 2 is 2.25 bits per heavy atom. The monoisotopic (exact) mass is 189 g/mol. The van der Waals surface area contributed by atoms with Crippen molar-refractivity contribution in [3.05, 3.63) is 0 Å². The second-order valence-electron chi connectivity index (χ2n) is 3.89. The van der Waals surface area contributed by atoms with Crippen molar-refractivity contribution < 1.29 is 5.11 Å². The fourth-order valence-electron chi connectivity index (χ4n) is 1.75. The Hall–Kier alpha value is 0.270. The second kappa shape index (κ2) is 4.49. The largest absolute Gasteiger partial charge is 0.392 e. The van der Waals surface area contributed by atoms with Gasteiger partial charge in [-0.15, -0.1) is 0 Å². The summed E-state index contributed by atoms with van der Waals surface area (Å²) in [6.45, 7) is 6.58. The number of rotatable bonds is 3. The molecule has 0 bridgehead atoms. The maximum absolute atomic E-state index is 9.55. The van der Waals surface area contributed by atoms with Crippen LogP contribution in [0.15, 0.2) is 0 Å². The van der Waals surface area contributed by atoms with Gasteiger partial charge >= 0.3 is 0 Å². The first-order chi connectivity index (χ1) is 5.65. The average molecular weight is 189 g/mol. The molecule has 0 aromatic heterocycles. The highest BCUT2D eigenvalue weighted by Crippen LogP contribution is 2.21. The normalized spacial score (nSPS) is 28.2. The van der Waals surface area contributed by atoms with Crippen LogP contribution in [0.2, 0.25) is 0 Å². The molecule has 0 spiro atoms. The molecule has 1 aliphatic heterocycles. The molecule has 0 amide bonds. The van der Waals surface area contributed by atoms with Crippen molar-refractivity contribution in [1.82, 2.24) is 4.90 Å². The minimum atomic E-state index is -0.211. The maximum Gasteiger partial charge on any atom is 0.0668 e. The third-order valence-electron chi connectivity index (χ3n) is 2.72. The van der Waals surface area contributed by atoms with Crippen molar-refractivity contribution in [3.63, 3.8) is 0 Å². The Kier molecular flexibility index (Phi) is 3.87. The minimum Gasteiger partial charge on any atom is -0.392 e. The molecular formula is C9H19NOS. The smallest absolute Gasteiger partial charge is 0.0668 e. The van der Waals surface area contributed by atoms with E-state index in [-0.39, 0.29) is 6.10 Å². The fraction of sp³-hybridized carbons (Fsp3) is 1.00. The van der Waals surface area contributed by atoms with Gasteiger partial charge in [-0.3, -0.25) is 0 Å². The fourth-order valence-corrected chi connectivity index (χ4v) is 2.05. The summed E-state index contributed by atoms with van der Waals surface area (Å²) >= 11 is 4.10. The highest BCUT2D eigenvalue weighted by atomic mass is 32.1. The quantitative estimate of drug-likeness (QED) is 0.647. The van der Waals surface area contributed by atoms with E-state index in [4.69, 9.17) is 0 Å². The van der Waals surface area contributed by atoms with Gasteiger partial charge in [0, 0.05) is 18.3 Å². The van der Waals surface area contributed by atoms with Gasteiger partial charge in [0.05, 0.1) is 6.10 Å². The predicted octanol–water partition coefficient (Wildman–Crippen LogP) is 1.01. The Labute approximate surface area is 80.4 Å². The van der Waals surface area contributed by atoms with E-state index < -0.39 is 0 Å². The molecule has 1 N–H and O–H groups in total. The van der Waals surface area contributed by atoms with Crippen LogP contribution in [-0.2, 0) is 0 Å². The third-order valence-corrected chi connectivity index (χ3v) is 3.09. The first kappa shape index (κ1) is 10.4. The van der Waals surface area contributed by atoms with Crippen molar-refractivity contribution in [1.29, 1.82) is 0 Å². The lowest BCUT2D eigenvalue weighted by atomic mass is 10.0. The average Bonchev–Trinajstić information content (AvgIpc) is 2.51. The van der Waals surface area contributed by atoms with Crippen LogP contribution in [-0.4, -0.2) is 41.0 Å². The van der Waals surface area contributed by atoms with Crippen molar-refractivity contribution in [2.45, 2.75) is 32.4 Å². The summed E-state index contributed by atoms with van der Waals surface area (Å²) in [6.07, 6.45) is 0.914. The summed E-state index contributed by atoms with van der Waals surface area (Å²) < 4.78 is 0. The van der Waals surface area contributed by atoms with Crippen LogP contribution in [0.25, 0.3) is 0 Å². The van der Waals surface area contributed by atoms with Gasteiger partial charge in [0.15, 0.2) is 0 Å². The van der Waals surface area contributed by atoms with Crippen LogP contribution in [0.1, 0.15) is 20.3 Å². The van der Waals surface area contributed by atoms with E-state index in [0.717, 1.165) is 19.5 Å². The Morgan fingerprint density at radius 3 is 2.67 bits per heavy atom. The van der Waals surface area contributed by atoms with Gasteiger partial charge in [0.1, 0.15) is 0 Å². The van der Waals surface area contributed by atoms with E-state index >= 15 is 0 Å². The molecular weight excluding hydrogens is 170 g/mol. The molecule has 0 saturated carbocycles. The molecule has 72 valence electrons. The molecule has 0 aromatic carbocycles. The Bertz CT molecular complexity index is 140. The summed E-state index contributed by atoms with van der Waals surface area (Å²) in [5, 5.41) is 9.55. The van der Waals surface area contributed by atoms with Crippen molar-refractivity contribution in [2.24, 2.45) is 5.92 Å². The topological polar surface area (TPSA) is 23.5 Å². The molecule has 0 aromatic rings. The number of likely N-dealkylation sites (tertiary alicyclic amines) is 1. The van der Waals surface area contributed by atoms with E-state index in [0.29, 0.717) is 17.7 Å². The number of aliphatic hydroxyl groups excluding tert-OH is 1. The number of nitrogens with zero attached hydrogens (tertiary/aromatic N) is 1. The molecule has 1 fully saturated rings. The molecule has 2 nitrogen and oxygen atoms in total. The Morgan fingerprint density at radius 1 is 1.58 bits per heavy atom. The van der Waals surface area contributed by atoms with E-state index in [2.05, 4.69) is 31.4 Å². The highest BCUT2D eigenvalue weighted by Gasteiger charge is 2.28. The lowest BCUT2D eigenvalue weighted by Crippen LogP contribution is -2.31. The van der Waals surface area contributed by atoms with Crippen molar-refractivity contribution in [3.8, 4) is 0 Å². The van der Waals surface area contributed by atoms with Gasteiger partial charge in [-0.2, -0.15) is 12.6 Å². The molecule has 0 aliphatic carbocycles. The van der Waals surface area contributed by atoms with Crippen molar-refractivity contribution >= 4 is 12.6 Å². The molecule has 12 heavy (non-hydrogen) atoms. The van der Waals surface area contributed by atoms with Crippen LogP contribution >= 0.6 is 12.6 Å². The highest BCUT2D eigenvalue weighted by molar-refractivity contribution is 7.80. The van der Waals surface area contributed by atoms with Crippen LogP contribution in [0.4, 0.5) is 0 Å². The molecule has 2 unspecified atom stereocenters. The number of aliphatic hydroxyl groups is 1. The van der Waals surface area contributed by atoms with Crippen LogP contribution in [0, 0.1) is 5.92 Å². The molecule has 2 atom stereocenters. The number of thiol groups is 1. The van der Waals surface area contributed by atoms with E-state index in [9.17, 15) is 5.11 Å². The Balaban J connectivity index is 2.35. The molecule has 1 heterocycles. The summed E-state index contributed by atoms with van der Waals surface area (Å²) in [5.41, 5.74) is 0. The molecule has 1 rings (SSSR count). The van der Waals surface area contributed by atoms with Crippen molar-refractivity contribution in [2.75, 3.05) is 18.8 Å². The van der Waals surface area contributed by atoms with Crippen LogP contribution in [0.5, 0.6) is 0 Å². The number of hydrogen-bond acceptors (Lipinski definition) is 3. The summed E-state index contributed by atoms with van der Waals surface area (Å²) in [7, 11) is 0. The van der Waals surface area contributed by atoms with Gasteiger partial charge in [0.2, 0.25) is 0 Å². The zero-order valence-electron chi connectivity index (χ0n) is 7.90.